The fraction of sp³-hybridized carbons (Fsp3) is 0.0714. The fourth-order valence-corrected chi connectivity index (χ4v) is 2.13. The monoisotopic (exact) mass is 320 g/mol. The third-order valence-corrected chi connectivity index (χ3v) is 2.93. The molecule has 0 aliphatic heterocycles. The minimum atomic E-state index is -0.442. The maximum atomic E-state index is 13.6. The Bertz CT molecular complexity index is 652. The second kappa shape index (κ2) is 5.72. The highest BCUT2D eigenvalue weighted by Gasteiger charge is 2.05. The number of nitrogens with zero attached hydrogens (tertiary/aromatic N) is 1. The minimum Gasteiger partial charge on any atom is -0.494 e. The molecular weight excluding hydrogens is 311 g/mol. The van der Waals surface area contributed by atoms with E-state index in [9.17, 15) is 4.39 Å². The Hall–Kier alpha value is -2.06. The highest BCUT2D eigenvalue weighted by molar-refractivity contribution is 9.10. The molecule has 96 valence electrons. The molecule has 0 aliphatic carbocycles. The highest BCUT2D eigenvalue weighted by Crippen LogP contribution is 2.26. The molecule has 5 heteroatoms. The van der Waals surface area contributed by atoms with Gasteiger partial charge in [-0.2, -0.15) is 5.26 Å². The van der Waals surface area contributed by atoms with E-state index in [1.54, 1.807) is 24.3 Å². The smallest absolute Gasteiger partial charge is 0.167 e. The second-order valence-corrected chi connectivity index (χ2v) is 4.73. The van der Waals surface area contributed by atoms with Crippen molar-refractivity contribution in [1.29, 1.82) is 5.26 Å². The molecule has 0 spiro atoms. The van der Waals surface area contributed by atoms with Gasteiger partial charge in [0.05, 0.1) is 18.7 Å². The molecule has 2 aromatic rings. The van der Waals surface area contributed by atoms with Crippen LogP contribution in [0.5, 0.6) is 5.75 Å². The van der Waals surface area contributed by atoms with Gasteiger partial charge in [-0.1, -0.05) is 15.9 Å². The summed E-state index contributed by atoms with van der Waals surface area (Å²) in [5.41, 5.74) is 1.81. The Morgan fingerprint density at radius 2 is 2.00 bits per heavy atom. The topological polar surface area (TPSA) is 45.0 Å². The van der Waals surface area contributed by atoms with Crippen molar-refractivity contribution in [2.24, 2.45) is 0 Å². The summed E-state index contributed by atoms with van der Waals surface area (Å²) in [6, 6.07) is 11.8. The minimum absolute atomic E-state index is 0.192. The van der Waals surface area contributed by atoms with Crippen LogP contribution in [0.15, 0.2) is 40.9 Å². The molecule has 19 heavy (non-hydrogen) atoms. The second-order valence-electron chi connectivity index (χ2n) is 3.81. The molecule has 3 nitrogen and oxygen atoms in total. The van der Waals surface area contributed by atoms with Crippen LogP contribution in [0.3, 0.4) is 0 Å². The highest BCUT2D eigenvalue weighted by atomic mass is 79.9. The standard InChI is InChI=1S/C14H10BrFN2O/c1-19-14-3-2-11(7-13(14)16)18-12-5-9(8-17)4-10(15)6-12/h2-7,18H,1H3. The van der Waals surface area contributed by atoms with Gasteiger partial charge in [0.2, 0.25) is 0 Å². The normalized spacial score (nSPS) is 9.79. The van der Waals surface area contributed by atoms with Crippen molar-refractivity contribution in [2.45, 2.75) is 0 Å². The van der Waals surface area contributed by atoms with E-state index in [1.165, 1.54) is 13.2 Å². The number of methoxy groups -OCH3 is 1. The number of ether oxygens (including phenoxy) is 1. The lowest BCUT2D eigenvalue weighted by Crippen LogP contribution is -1.94. The van der Waals surface area contributed by atoms with Gasteiger partial charge in [-0.15, -0.1) is 0 Å². The van der Waals surface area contributed by atoms with Crippen molar-refractivity contribution < 1.29 is 9.13 Å². The van der Waals surface area contributed by atoms with E-state index in [0.717, 1.165) is 4.47 Å². The van der Waals surface area contributed by atoms with Crippen molar-refractivity contribution in [3.63, 3.8) is 0 Å². The predicted octanol–water partition coefficient (Wildman–Crippen LogP) is 4.21. The van der Waals surface area contributed by atoms with E-state index in [0.29, 0.717) is 16.9 Å². The summed E-state index contributed by atoms with van der Waals surface area (Å²) >= 11 is 3.32. The first-order chi connectivity index (χ1) is 9.12. The van der Waals surface area contributed by atoms with E-state index in [4.69, 9.17) is 10.00 Å². The van der Waals surface area contributed by atoms with Crippen LogP contribution in [-0.2, 0) is 0 Å². The first-order valence-corrected chi connectivity index (χ1v) is 6.23. The maximum absolute atomic E-state index is 13.6. The molecule has 0 aromatic heterocycles. The molecule has 0 atom stereocenters. The largest absolute Gasteiger partial charge is 0.494 e. The number of benzene rings is 2. The number of rotatable bonds is 3. The molecule has 0 heterocycles. The molecule has 2 aromatic carbocycles. The van der Waals surface area contributed by atoms with Crippen molar-refractivity contribution in [3.8, 4) is 11.8 Å². The molecule has 1 N–H and O–H groups in total. The van der Waals surface area contributed by atoms with Crippen molar-refractivity contribution >= 4 is 27.3 Å². The maximum Gasteiger partial charge on any atom is 0.167 e. The third-order valence-electron chi connectivity index (χ3n) is 2.47. The molecule has 0 fully saturated rings. The van der Waals surface area contributed by atoms with Crippen molar-refractivity contribution in [1.82, 2.24) is 0 Å². The number of nitriles is 1. The van der Waals surface area contributed by atoms with E-state index in [1.807, 2.05) is 6.07 Å². The molecule has 0 saturated carbocycles. The lowest BCUT2D eigenvalue weighted by molar-refractivity contribution is 0.386. The number of hydrogen-bond acceptors (Lipinski definition) is 3. The molecule has 0 bridgehead atoms. The van der Waals surface area contributed by atoms with Crippen LogP contribution in [0.4, 0.5) is 15.8 Å². The first-order valence-electron chi connectivity index (χ1n) is 5.43. The number of nitrogens with one attached hydrogen (secondary N) is 1. The van der Waals surface area contributed by atoms with Crippen LogP contribution in [0.25, 0.3) is 0 Å². The Kier molecular flexibility index (Phi) is 4.03. The van der Waals surface area contributed by atoms with Crippen molar-refractivity contribution in [3.05, 3.63) is 52.3 Å². The lowest BCUT2D eigenvalue weighted by atomic mass is 10.2. The zero-order valence-electron chi connectivity index (χ0n) is 10.1. The van der Waals surface area contributed by atoms with E-state index >= 15 is 0 Å². The van der Waals surface area contributed by atoms with Crippen LogP contribution >= 0.6 is 15.9 Å². The molecular formula is C14H10BrFN2O. The molecule has 0 radical (unpaired) electrons. The average molecular weight is 321 g/mol. The predicted molar refractivity (Wildman–Crippen MR) is 75.1 cm³/mol. The molecule has 2 rings (SSSR count). The Balaban J connectivity index is 2.29. The van der Waals surface area contributed by atoms with Gasteiger partial charge in [0, 0.05) is 21.9 Å². The van der Waals surface area contributed by atoms with E-state index in [2.05, 4.69) is 27.3 Å². The molecule has 0 unspecified atom stereocenters. The van der Waals surface area contributed by atoms with Gasteiger partial charge in [0.15, 0.2) is 11.6 Å². The van der Waals surface area contributed by atoms with Gasteiger partial charge in [0.25, 0.3) is 0 Å². The quantitative estimate of drug-likeness (QED) is 0.921. The Labute approximate surface area is 118 Å². The fourth-order valence-electron chi connectivity index (χ4n) is 1.64. The van der Waals surface area contributed by atoms with Gasteiger partial charge in [-0.05, 0) is 30.3 Å². The van der Waals surface area contributed by atoms with Crippen LogP contribution in [0, 0.1) is 17.1 Å². The number of anilines is 2. The van der Waals surface area contributed by atoms with Gasteiger partial charge in [-0.25, -0.2) is 4.39 Å². The number of hydrogen-bond donors (Lipinski definition) is 1. The Morgan fingerprint density at radius 1 is 1.21 bits per heavy atom. The summed E-state index contributed by atoms with van der Waals surface area (Å²) in [5, 5.41) is 11.9. The van der Waals surface area contributed by atoms with Crippen LogP contribution in [0.1, 0.15) is 5.56 Å². The summed E-state index contributed by atoms with van der Waals surface area (Å²) in [7, 11) is 1.42. The SMILES string of the molecule is COc1ccc(Nc2cc(Br)cc(C#N)c2)cc1F. The average Bonchev–Trinajstić information content (AvgIpc) is 2.38. The van der Waals surface area contributed by atoms with Crippen LogP contribution in [-0.4, -0.2) is 7.11 Å². The first kappa shape index (κ1) is 13.4. The van der Waals surface area contributed by atoms with E-state index < -0.39 is 5.82 Å². The third kappa shape index (κ3) is 3.24. The molecule has 0 amide bonds. The van der Waals surface area contributed by atoms with Gasteiger partial charge < -0.3 is 10.1 Å². The summed E-state index contributed by atoms with van der Waals surface area (Å²) < 4.78 is 19.2. The summed E-state index contributed by atoms with van der Waals surface area (Å²) in [6.07, 6.45) is 0. The van der Waals surface area contributed by atoms with Crippen molar-refractivity contribution in [2.75, 3.05) is 12.4 Å². The van der Waals surface area contributed by atoms with Crippen LogP contribution < -0.4 is 10.1 Å². The lowest BCUT2D eigenvalue weighted by Gasteiger charge is -2.09. The van der Waals surface area contributed by atoms with Crippen LogP contribution in [0.2, 0.25) is 0 Å². The van der Waals surface area contributed by atoms with E-state index in [-0.39, 0.29) is 5.75 Å². The van der Waals surface area contributed by atoms with Gasteiger partial charge >= 0.3 is 0 Å². The summed E-state index contributed by atoms with van der Waals surface area (Å²) in [5.74, 6) is -0.250. The summed E-state index contributed by atoms with van der Waals surface area (Å²) in [4.78, 5) is 0. The molecule has 0 saturated heterocycles. The van der Waals surface area contributed by atoms with Gasteiger partial charge in [-0.3, -0.25) is 0 Å². The van der Waals surface area contributed by atoms with Gasteiger partial charge in [0.1, 0.15) is 0 Å². The molecule has 0 aliphatic rings. The Morgan fingerprint density at radius 3 is 2.63 bits per heavy atom. The zero-order chi connectivity index (χ0) is 13.8. The summed E-state index contributed by atoms with van der Waals surface area (Å²) in [6.45, 7) is 0. The zero-order valence-corrected chi connectivity index (χ0v) is 11.7. The number of halogens is 2.